The van der Waals surface area contributed by atoms with Crippen LogP contribution < -0.4 is 10.5 Å². The van der Waals surface area contributed by atoms with Crippen LogP contribution in [0.1, 0.15) is 48.5 Å². The first-order valence-electron chi connectivity index (χ1n) is 12.6. The first-order chi connectivity index (χ1) is 18.3. The highest BCUT2D eigenvalue weighted by molar-refractivity contribution is 5.85. The van der Waals surface area contributed by atoms with Crippen molar-refractivity contribution in [3.63, 3.8) is 0 Å². The summed E-state index contributed by atoms with van der Waals surface area (Å²) >= 11 is 0. The first kappa shape index (κ1) is 27.8. The standard InChI is InChI=1S/C29H31F4N3O2/c1-38-22-4-5-26-23(15-22)27(20(16-34)17-35-26)24(31)6-7-29(18-37)8-11-36(12-9-29)10-2-3-19-13-21(30)14-25(32)28(19)33/h4-5,13-15,17,24,37H,6-12,16,18,34H2,1H3/t24-/m0/s1. The van der Waals surface area contributed by atoms with Gasteiger partial charge in [0.05, 0.1) is 24.7 Å². The topological polar surface area (TPSA) is 71.6 Å². The fourth-order valence-electron chi connectivity index (χ4n) is 5.04. The summed E-state index contributed by atoms with van der Waals surface area (Å²) in [6.07, 6.45) is 2.29. The molecule has 0 spiro atoms. The molecule has 0 aliphatic carbocycles. The third-order valence-electron chi connectivity index (χ3n) is 7.43. The summed E-state index contributed by atoms with van der Waals surface area (Å²) in [7, 11) is 1.55. The van der Waals surface area contributed by atoms with Gasteiger partial charge in [0.15, 0.2) is 11.6 Å². The van der Waals surface area contributed by atoms with Crippen LogP contribution >= 0.6 is 0 Å². The lowest BCUT2D eigenvalue weighted by atomic mass is 9.74. The SMILES string of the molecule is COc1ccc2ncc(CN)c([C@@H](F)CCC3(CO)CCN(CC#Cc4cc(F)cc(F)c4F)CC3)c2c1. The van der Waals surface area contributed by atoms with Gasteiger partial charge in [-0.1, -0.05) is 11.8 Å². The minimum Gasteiger partial charge on any atom is -0.497 e. The van der Waals surface area contributed by atoms with E-state index in [1.807, 2.05) is 4.90 Å². The number of fused-ring (bicyclic) bond motifs is 1. The molecule has 202 valence electrons. The maximum atomic E-state index is 15.8. The van der Waals surface area contributed by atoms with Gasteiger partial charge in [-0.15, -0.1) is 0 Å². The lowest BCUT2D eigenvalue weighted by molar-refractivity contribution is 0.0344. The van der Waals surface area contributed by atoms with Crippen molar-refractivity contribution in [3.05, 3.63) is 70.7 Å². The second-order valence-corrected chi connectivity index (χ2v) is 9.78. The van der Waals surface area contributed by atoms with Crippen molar-refractivity contribution in [2.75, 3.05) is 33.4 Å². The van der Waals surface area contributed by atoms with Gasteiger partial charge in [0.25, 0.3) is 0 Å². The number of ether oxygens (including phenoxy) is 1. The molecule has 1 aromatic heterocycles. The van der Waals surface area contributed by atoms with Gasteiger partial charge in [-0.3, -0.25) is 9.88 Å². The predicted octanol–water partition coefficient (Wildman–Crippen LogP) is 5.04. The molecule has 0 bridgehead atoms. The van der Waals surface area contributed by atoms with Crippen LogP contribution in [-0.2, 0) is 6.54 Å². The Kier molecular flexibility index (Phi) is 8.87. The van der Waals surface area contributed by atoms with E-state index in [9.17, 15) is 18.3 Å². The fraction of sp³-hybridized carbons (Fsp3) is 0.414. The van der Waals surface area contributed by atoms with Crippen LogP contribution in [0.3, 0.4) is 0 Å². The average Bonchev–Trinajstić information content (AvgIpc) is 2.94. The molecule has 0 radical (unpaired) electrons. The zero-order valence-electron chi connectivity index (χ0n) is 21.2. The summed E-state index contributed by atoms with van der Waals surface area (Å²) in [6.45, 7) is 1.59. The highest BCUT2D eigenvalue weighted by Gasteiger charge is 2.35. The third-order valence-corrected chi connectivity index (χ3v) is 7.43. The van der Waals surface area contributed by atoms with Gasteiger partial charge in [-0.2, -0.15) is 0 Å². The number of methoxy groups -OCH3 is 1. The number of nitrogens with zero attached hydrogens (tertiary/aromatic N) is 2. The maximum absolute atomic E-state index is 15.8. The van der Waals surface area contributed by atoms with Gasteiger partial charge in [-0.25, -0.2) is 17.6 Å². The van der Waals surface area contributed by atoms with Gasteiger partial charge >= 0.3 is 0 Å². The number of hydrogen-bond acceptors (Lipinski definition) is 5. The van der Waals surface area contributed by atoms with Crippen LogP contribution in [0.4, 0.5) is 17.6 Å². The zero-order valence-corrected chi connectivity index (χ0v) is 21.2. The molecule has 3 N–H and O–H groups in total. The van der Waals surface area contributed by atoms with Crippen molar-refractivity contribution in [3.8, 4) is 17.6 Å². The highest BCUT2D eigenvalue weighted by atomic mass is 19.2. The zero-order chi connectivity index (χ0) is 27.3. The molecule has 1 aliphatic rings. The molecule has 38 heavy (non-hydrogen) atoms. The second kappa shape index (κ2) is 12.1. The predicted molar refractivity (Wildman–Crippen MR) is 138 cm³/mol. The maximum Gasteiger partial charge on any atom is 0.174 e. The number of pyridine rings is 1. The Morgan fingerprint density at radius 3 is 2.63 bits per heavy atom. The molecule has 1 aliphatic heterocycles. The number of rotatable bonds is 8. The fourth-order valence-corrected chi connectivity index (χ4v) is 5.04. The van der Waals surface area contributed by atoms with Crippen molar-refractivity contribution in [2.45, 2.75) is 38.4 Å². The first-order valence-corrected chi connectivity index (χ1v) is 12.6. The number of piperidine rings is 1. The Morgan fingerprint density at radius 1 is 1.18 bits per heavy atom. The minimum absolute atomic E-state index is 0.0678. The number of nitrogens with two attached hydrogens (primary N) is 1. The van der Waals surface area contributed by atoms with Crippen LogP contribution in [-0.4, -0.2) is 48.3 Å². The quantitative estimate of drug-likeness (QED) is 0.243. The van der Waals surface area contributed by atoms with Crippen LogP contribution in [0.15, 0.2) is 36.5 Å². The van der Waals surface area contributed by atoms with Gasteiger partial charge in [0, 0.05) is 36.4 Å². The summed E-state index contributed by atoms with van der Waals surface area (Å²) in [5.41, 5.74) is 6.96. The van der Waals surface area contributed by atoms with Crippen molar-refractivity contribution >= 4 is 10.9 Å². The summed E-state index contributed by atoms with van der Waals surface area (Å²) < 4.78 is 61.6. The molecule has 9 heteroatoms. The number of likely N-dealkylation sites (tertiary alicyclic amines) is 1. The Hall–Kier alpha value is -3.19. The molecule has 4 rings (SSSR count). The van der Waals surface area contributed by atoms with Crippen LogP contribution in [0, 0.1) is 34.7 Å². The molecule has 2 aromatic carbocycles. The van der Waals surface area contributed by atoms with E-state index < -0.39 is 29.0 Å². The molecular weight excluding hydrogens is 498 g/mol. The molecular formula is C29H31F4N3O2. The van der Waals surface area contributed by atoms with Crippen LogP contribution in [0.5, 0.6) is 5.75 Å². The van der Waals surface area contributed by atoms with Gasteiger partial charge in [-0.05, 0) is 74.0 Å². The molecule has 0 saturated carbocycles. The van der Waals surface area contributed by atoms with E-state index in [2.05, 4.69) is 16.8 Å². The van der Waals surface area contributed by atoms with E-state index >= 15 is 4.39 Å². The smallest absolute Gasteiger partial charge is 0.174 e. The Morgan fingerprint density at radius 2 is 1.95 bits per heavy atom. The Balaban J connectivity index is 1.40. The number of benzene rings is 2. The number of halogens is 4. The minimum atomic E-state index is -1.29. The molecule has 2 heterocycles. The number of hydrogen-bond donors (Lipinski definition) is 2. The molecule has 1 atom stereocenters. The van der Waals surface area contributed by atoms with E-state index in [4.69, 9.17) is 10.5 Å². The van der Waals surface area contributed by atoms with Crippen LogP contribution in [0.2, 0.25) is 0 Å². The van der Waals surface area contributed by atoms with E-state index in [1.54, 1.807) is 31.5 Å². The van der Waals surface area contributed by atoms with E-state index in [0.29, 0.717) is 66.2 Å². The number of alkyl halides is 1. The summed E-state index contributed by atoms with van der Waals surface area (Å²) in [5, 5.41) is 10.9. The summed E-state index contributed by atoms with van der Waals surface area (Å²) in [4.78, 5) is 6.42. The number of aliphatic hydroxyl groups excluding tert-OH is 1. The monoisotopic (exact) mass is 529 g/mol. The Labute approximate surface area is 219 Å². The molecule has 3 aromatic rings. The van der Waals surface area contributed by atoms with Crippen molar-refractivity contribution in [2.24, 2.45) is 11.1 Å². The van der Waals surface area contributed by atoms with Gasteiger partial charge in [0.1, 0.15) is 17.7 Å². The van der Waals surface area contributed by atoms with Crippen LogP contribution in [0.25, 0.3) is 10.9 Å². The molecule has 0 unspecified atom stereocenters. The summed E-state index contributed by atoms with van der Waals surface area (Å²) in [5.74, 6) is 2.55. The summed E-state index contributed by atoms with van der Waals surface area (Å²) in [6, 6.07) is 6.68. The lowest BCUT2D eigenvalue weighted by Crippen LogP contribution is -2.42. The van der Waals surface area contributed by atoms with E-state index in [-0.39, 0.29) is 31.7 Å². The third kappa shape index (κ3) is 6.09. The van der Waals surface area contributed by atoms with Gasteiger partial charge in [0.2, 0.25) is 0 Å². The highest BCUT2D eigenvalue weighted by Crippen LogP contribution is 2.41. The lowest BCUT2D eigenvalue weighted by Gasteiger charge is -2.40. The molecule has 0 amide bonds. The Bertz CT molecular complexity index is 1340. The number of aromatic nitrogens is 1. The molecule has 1 fully saturated rings. The second-order valence-electron chi connectivity index (χ2n) is 9.78. The van der Waals surface area contributed by atoms with E-state index in [0.717, 1.165) is 6.07 Å². The van der Waals surface area contributed by atoms with E-state index in [1.165, 1.54) is 0 Å². The molecule has 5 nitrogen and oxygen atoms in total. The van der Waals surface area contributed by atoms with Crippen molar-refractivity contribution < 1.29 is 27.4 Å². The number of aliphatic hydroxyl groups is 1. The van der Waals surface area contributed by atoms with Crippen molar-refractivity contribution in [1.82, 2.24) is 9.88 Å². The molecule has 1 saturated heterocycles. The van der Waals surface area contributed by atoms with Crippen molar-refractivity contribution in [1.29, 1.82) is 0 Å². The largest absolute Gasteiger partial charge is 0.497 e. The average molecular weight is 530 g/mol. The van der Waals surface area contributed by atoms with Gasteiger partial charge < -0.3 is 15.6 Å². The normalized spacial score (nSPS) is 16.2.